The summed E-state index contributed by atoms with van der Waals surface area (Å²) in [4.78, 5) is 19.4. The van der Waals surface area contributed by atoms with Crippen molar-refractivity contribution in [1.82, 2.24) is 5.43 Å². The minimum Gasteiger partial charge on any atom is -0.300 e. The maximum Gasteiger partial charge on any atom is 0.131 e. The first-order valence-electron chi connectivity index (χ1n) is 2.32. The van der Waals surface area contributed by atoms with E-state index in [1.807, 2.05) is 0 Å². The minimum absolute atomic E-state index is 0.0566. The Morgan fingerprint density at radius 3 is 2.75 bits per heavy atom. The number of ketones is 1. The normalized spacial score (nSPS) is 8.12. The summed E-state index contributed by atoms with van der Waals surface area (Å²) in [5.74, 6) is 0.0566. The van der Waals surface area contributed by atoms with Crippen molar-refractivity contribution >= 4 is 5.78 Å². The summed E-state index contributed by atoms with van der Waals surface area (Å²) < 4.78 is 0. The smallest absolute Gasteiger partial charge is 0.131 e. The zero-order valence-electron chi connectivity index (χ0n) is 4.68. The van der Waals surface area contributed by atoms with Crippen LogP contribution >= 0.6 is 0 Å². The SMILES string of the molecule is CC(=O)CCNN=O. The van der Waals surface area contributed by atoms with Gasteiger partial charge >= 0.3 is 0 Å². The van der Waals surface area contributed by atoms with Crippen molar-refractivity contribution in [1.29, 1.82) is 0 Å². The Morgan fingerprint density at radius 1 is 1.75 bits per heavy atom. The van der Waals surface area contributed by atoms with E-state index in [2.05, 4.69) is 10.7 Å². The number of nitroso groups, excluding NO2 is 1. The van der Waals surface area contributed by atoms with Gasteiger partial charge < -0.3 is 0 Å². The number of carbonyl (C=O) groups is 1. The van der Waals surface area contributed by atoms with Crippen molar-refractivity contribution in [3.8, 4) is 0 Å². The fourth-order valence-electron chi connectivity index (χ4n) is 0.278. The van der Waals surface area contributed by atoms with Crippen LogP contribution in [0, 0.1) is 4.91 Å². The van der Waals surface area contributed by atoms with Crippen molar-refractivity contribution in [3.63, 3.8) is 0 Å². The zero-order valence-corrected chi connectivity index (χ0v) is 4.68. The standard InChI is InChI=1S/C4H8N2O2/c1-4(7)2-3-5-6-8/h2-3H2,1H3,(H,5,8). The van der Waals surface area contributed by atoms with Gasteiger partial charge in [0.25, 0.3) is 0 Å². The monoisotopic (exact) mass is 116 g/mol. The summed E-state index contributed by atoms with van der Waals surface area (Å²) in [6.07, 6.45) is 0.367. The van der Waals surface area contributed by atoms with Crippen LogP contribution in [0.3, 0.4) is 0 Å². The van der Waals surface area contributed by atoms with Gasteiger partial charge in [-0.15, -0.1) is 4.91 Å². The van der Waals surface area contributed by atoms with Crippen LogP contribution in [0.5, 0.6) is 0 Å². The summed E-state index contributed by atoms with van der Waals surface area (Å²) in [6.45, 7) is 1.81. The molecule has 0 aromatic heterocycles. The molecule has 0 aromatic carbocycles. The lowest BCUT2D eigenvalue weighted by Gasteiger charge is -1.89. The third kappa shape index (κ3) is 5.07. The molecule has 46 valence electrons. The Labute approximate surface area is 47.2 Å². The van der Waals surface area contributed by atoms with Crippen LogP contribution in [-0.4, -0.2) is 12.3 Å². The van der Waals surface area contributed by atoms with E-state index in [-0.39, 0.29) is 5.78 Å². The van der Waals surface area contributed by atoms with Crippen molar-refractivity contribution < 1.29 is 4.79 Å². The average Bonchev–Trinajstić information content (AvgIpc) is 1.66. The van der Waals surface area contributed by atoms with Gasteiger partial charge in [0.05, 0.1) is 0 Å². The highest BCUT2D eigenvalue weighted by atomic mass is 16.3. The number of hydrogen-bond acceptors (Lipinski definition) is 3. The second-order valence-corrected chi connectivity index (χ2v) is 1.45. The highest BCUT2D eigenvalue weighted by Crippen LogP contribution is 1.76. The average molecular weight is 116 g/mol. The molecule has 0 saturated carbocycles. The first kappa shape index (κ1) is 7.07. The van der Waals surface area contributed by atoms with E-state index in [0.29, 0.717) is 13.0 Å². The predicted molar refractivity (Wildman–Crippen MR) is 29.1 cm³/mol. The van der Waals surface area contributed by atoms with Crippen molar-refractivity contribution in [3.05, 3.63) is 4.91 Å². The molecular formula is C4H8N2O2. The van der Waals surface area contributed by atoms with Crippen LogP contribution in [0.4, 0.5) is 0 Å². The molecule has 0 aliphatic heterocycles. The molecule has 0 saturated heterocycles. The van der Waals surface area contributed by atoms with E-state index < -0.39 is 0 Å². The first-order chi connectivity index (χ1) is 3.77. The molecule has 0 rings (SSSR count). The van der Waals surface area contributed by atoms with Gasteiger partial charge in [-0.1, -0.05) is 0 Å². The molecule has 0 fully saturated rings. The predicted octanol–water partition coefficient (Wildman–Crippen LogP) is 0.236. The third-order valence-corrected chi connectivity index (χ3v) is 0.653. The highest BCUT2D eigenvalue weighted by Gasteiger charge is 1.88. The fourth-order valence-corrected chi connectivity index (χ4v) is 0.278. The van der Waals surface area contributed by atoms with Gasteiger partial charge in [-0.2, -0.15) is 0 Å². The van der Waals surface area contributed by atoms with Gasteiger partial charge in [0.1, 0.15) is 5.78 Å². The van der Waals surface area contributed by atoms with Gasteiger partial charge in [0, 0.05) is 18.3 Å². The summed E-state index contributed by atoms with van der Waals surface area (Å²) in [6, 6.07) is 0. The summed E-state index contributed by atoms with van der Waals surface area (Å²) >= 11 is 0. The zero-order chi connectivity index (χ0) is 6.41. The van der Waals surface area contributed by atoms with E-state index in [1.54, 1.807) is 0 Å². The van der Waals surface area contributed by atoms with Crippen LogP contribution in [0.2, 0.25) is 0 Å². The molecule has 0 heterocycles. The van der Waals surface area contributed by atoms with E-state index in [1.165, 1.54) is 6.92 Å². The molecule has 4 heteroatoms. The number of hydrogen-bond donors (Lipinski definition) is 1. The Morgan fingerprint density at radius 2 is 2.38 bits per heavy atom. The molecule has 0 amide bonds. The van der Waals surface area contributed by atoms with Gasteiger partial charge in [0.15, 0.2) is 0 Å². The van der Waals surface area contributed by atoms with Crippen LogP contribution in [-0.2, 0) is 4.79 Å². The summed E-state index contributed by atoms with van der Waals surface area (Å²) in [7, 11) is 0. The van der Waals surface area contributed by atoms with Gasteiger partial charge in [-0.3, -0.25) is 10.2 Å². The number of rotatable bonds is 4. The highest BCUT2D eigenvalue weighted by molar-refractivity contribution is 5.75. The summed E-state index contributed by atoms with van der Waals surface area (Å²) in [5, 5.41) is 2.36. The number of nitrogens with zero attached hydrogens (tertiary/aromatic N) is 1. The Hall–Kier alpha value is -0.930. The van der Waals surface area contributed by atoms with E-state index in [0.717, 1.165) is 0 Å². The number of carbonyl (C=O) groups excluding carboxylic acids is 1. The molecule has 1 N–H and O–H groups in total. The lowest BCUT2D eigenvalue weighted by Crippen LogP contribution is -2.09. The molecule has 4 nitrogen and oxygen atoms in total. The third-order valence-electron chi connectivity index (χ3n) is 0.653. The molecule has 0 spiro atoms. The second kappa shape index (κ2) is 4.23. The van der Waals surface area contributed by atoms with Crippen molar-refractivity contribution in [2.24, 2.45) is 5.29 Å². The van der Waals surface area contributed by atoms with Crippen LogP contribution in [0.25, 0.3) is 0 Å². The largest absolute Gasteiger partial charge is 0.300 e. The molecule has 0 radical (unpaired) electrons. The second-order valence-electron chi connectivity index (χ2n) is 1.45. The Kier molecular flexibility index (Phi) is 3.74. The van der Waals surface area contributed by atoms with Gasteiger partial charge in [-0.25, -0.2) is 0 Å². The van der Waals surface area contributed by atoms with Crippen LogP contribution < -0.4 is 5.43 Å². The summed E-state index contributed by atoms with van der Waals surface area (Å²) in [5.41, 5.74) is 2.13. The molecule has 0 bridgehead atoms. The lowest BCUT2D eigenvalue weighted by molar-refractivity contribution is -0.116. The van der Waals surface area contributed by atoms with E-state index in [4.69, 9.17) is 0 Å². The number of Topliss-reactive ketones (excluding diaryl/α,β-unsaturated/α-hetero) is 1. The molecule has 0 aromatic rings. The quantitative estimate of drug-likeness (QED) is 0.325. The van der Waals surface area contributed by atoms with Crippen molar-refractivity contribution in [2.45, 2.75) is 13.3 Å². The molecule has 8 heavy (non-hydrogen) atoms. The van der Waals surface area contributed by atoms with Crippen LogP contribution in [0.1, 0.15) is 13.3 Å². The number of nitrogens with one attached hydrogen (secondary N) is 1. The fraction of sp³-hybridized carbons (Fsp3) is 0.750. The molecule has 0 atom stereocenters. The Balaban J connectivity index is 2.93. The van der Waals surface area contributed by atoms with E-state index >= 15 is 0 Å². The first-order valence-corrected chi connectivity index (χ1v) is 2.32. The maximum atomic E-state index is 10.1. The molecular weight excluding hydrogens is 108 g/mol. The van der Waals surface area contributed by atoms with Crippen molar-refractivity contribution in [2.75, 3.05) is 6.54 Å². The minimum atomic E-state index is 0.0566. The van der Waals surface area contributed by atoms with E-state index in [9.17, 15) is 9.70 Å². The van der Waals surface area contributed by atoms with Gasteiger partial charge in [0.2, 0.25) is 0 Å². The van der Waals surface area contributed by atoms with Crippen LogP contribution in [0.15, 0.2) is 5.29 Å². The molecule has 0 unspecified atom stereocenters. The maximum absolute atomic E-state index is 10.1. The van der Waals surface area contributed by atoms with Gasteiger partial charge in [-0.05, 0) is 6.92 Å². The topological polar surface area (TPSA) is 58.5 Å². The lowest BCUT2D eigenvalue weighted by atomic mass is 10.3. The Bertz CT molecular complexity index is 92.0. The molecule has 0 aliphatic rings. The molecule has 0 aliphatic carbocycles.